The maximum atomic E-state index is 13.6. The van der Waals surface area contributed by atoms with Crippen molar-refractivity contribution in [1.29, 1.82) is 5.26 Å². The van der Waals surface area contributed by atoms with E-state index in [1.54, 1.807) is 12.1 Å². The number of carbonyl (C=O) groups is 1. The summed E-state index contributed by atoms with van der Waals surface area (Å²) < 4.78 is 13.6. The highest BCUT2D eigenvalue weighted by atomic mass is 19.1. The Bertz CT molecular complexity index is 495. The van der Waals surface area contributed by atoms with Gasteiger partial charge in [0.05, 0.1) is 5.69 Å². The molecule has 0 aliphatic rings. The quantitative estimate of drug-likeness (QED) is 0.858. The van der Waals surface area contributed by atoms with Gasteiger partial charge in [0.2, 0.25) is 0 Å². The summed E-state index contributed by atoms with van der Waals surface area (Å²) in [5.74, 6) is -1.41. The lowest BCUT2D eigenvalue weighted by molar-refractivity contribution is -0.137. The van der Waals surface area contributed by atoms with E-state index in [1.807, 2.05) is 24.8 Å². The summed E-state index contributed by atoms with van der Waals surface area (Å²) in [6, 6.07) is 6.41. The number of rotatable bonds is 6. The van der Waals surface area contributed by atoms with Crippen LogP contribution in [0, 0.1) is 17.1 Å². The van der Waals surface area contributed by atoms with Crippen molar-refractivity contribution in [2.24, 2.45) is 0 Å². The van der Waals surface area contributed by atoms with Crippen molar-refractivity contribution in [2.45, 2.75) is 32.7 Å². The summed E-state index contributed by atoms with van der Waals surface area (Å²) in [6.45, 7) is 4.32. The second-order valence-electron chi connectivity index (χ2n) is 4.53. The molecule has 1 aromatic carbocycles. The molecule has 0 aliphatic carbocycles. The van der Waals surface area contributed by atoms with Gasteiger partial charge in [-0.15, -0.1) is 0 Å². The van der Waals surface area contributed by atoms with E-state index in [0.29, 0.717) is 18.7 Å². The molecule has 0 saturated heterocycles. The highest BCUT2D eigenvalue weighted by Gasteiger charge is 2.17. The van der Waals surface area contributed by atoms with Gasteiger partial charge in [-0.3, -0.25) is 4.79 Å². The zero-order valence-electron chi connectivity index (χ0n) is 11.1. The number of benzene rings is 1. The second-order valence-corrected chi connectivity index (χ2v) is 4.53. The summed E-state index contributed by atoms with van der Waals surface area (Å²) in [7, 11) is 0. The Labute approximate surface area is 112 Å². The fourth-order valence-electron chi connectivity index (χ4n) is 1.92. The van der Waals surface area contributed by atoms with Crippen molar-refractivity contribution in [1.82, 2.24) is 0 Å². The molecule has 0 atom stereocenters. The lowest BCUT2D eigenvalue weighted by Gasteiger charge is -2.29. The standard InChI is InChI=1S/C14H17FN2O2/c1-10(2)17(8-4-7-14(18)19)13-6-3-5-12(15)11(13)9-16/h3,5-6,10H,4,7-8H2,1-2H3,(H,18,19). The zero-order valence-corrected chi connectivity index (χ0v) is 11.1. The van der Waals surface area contributed by atoms with Crippen molar-refractivity contribution in [3.05, 3.63) is 29.6 Å². The van der Waals surface area contributed by atoms with E-state index < -0.39 is 11.8 Å². The zero-order chi connectivity index (χ0) is 14.4. The van der Waals surface area contributed by atoms with Crippen molar-refractivity contribution >= 4 is 11.7 Å². The fourth-order valence-corrected chi connectivity index (χ4v) is 1.92. The lowest BCUT2D eigenvalue weighted by Crippen LogP contribution is -2.32. The Morgan fingerprint density at radius 2 is 2.21 bits per heavy atom. The van der Waals surface area contributed by atoms with Crippen LogP contribution in [0.25, 0.3) is 0 Å². The van der Waals surface area contributed by atoms with Gasteiger partial charge in [0.25, 0.3) is 0 Å². The van der Waals surface area contributed by atoms with Crippen LogP contribution < -0.4 is 4.90 Å². The van der Waals surface area contributed by atoms with Crippen molar-refractivity contribution < 1.29 is 14.3 Å². The first-order valence-electron chi connectivity index (χ1n) is 6.14. The molecular formula is C14H17FN2O2. The first-order chi connectivity index (χ1) is 8.97. The van der Waals surface area contributed by atoms with Gasteiger partial charge >= 0.3 is 5.97 Å². The molecule has 0 fully saturated rings. The van der Waals surface area contributed by atoms with Gasteiger partial charge in [0.15, 0.2) is 0 Å². The average Bonchev–Trinajstić information content (AvgIpc) is 2.33. The van der Waals surface area contributed by atoms with E-state index in [2.05, 4.69) is 0 Å². The molecule has 1 rings (SSSR count). The van der Waals surface area contributed by atoms with Gasteiger partial charge in [-0.05, 0) is 32.4 Å². The number of aliphatic carboxylic acids is 1. The van der Waals surface area contributed by atoms with Crippen molar-refractivity contribution in [3.8, 4) is 6.07 Å². The molecule has 5 heteroatoms. The van der Waals surface area contributed by atoms with Crippen LogP contribution in [0.4, 0.5) is 10.1 Å². The van der Waals surface area contributed by atoms with Crippen LogP contribution in [-0.2, 0) is 4.79 Å². The third kappa shape index (κ3) is 3.95. The second kappa shape index (κ2) is 6.74. The summed E-state index contributed by atoms with van der Waals surface area (Å²) >= 11 is 0. The molecule has 0 aromatic heterocycles. The van der Waals surface area contributed by atoms with Gasteiger partial charge in [0.1, 0.15) is 17.4 Å². The number of carboxylic acid groups (broad SMARTS) is 1. The highest BCUT2D eigenvalue weighted by Crippen LogP contribution is 2.24. The summed E-state index contributed by atoms with van der Waals surface area (Å²) in [6.07, 6.45) is 0.509. The third-order valence-electron chi connectivity index (χ3n) is 2.83. The normalized spacial score (nSPS) is 10.3. The highest BCUT2D eigenvalue weighted by molar-refractivity contribution is 5.67. The van der Waals surface area contributed by atoms with Crippen LogP contribution in [0.15, 0.2) is 18.2 Å². The number of carboxylic acids is 1. The largest absolute Gasteiger partial charge is 0.481 e. The van der Waals surface area contributed by atoms with E-state index in [1.165, 1.54) is 6.07 Å². The van der Waals surface area contributed by atoms with Crippen LogP contribution >= 0.6 is 0 Å². The van der Waals surface area contributed by atoms with E-state index in [9.17, 15) is 9.18 Å². The van der Waals surface area contributed by atoms with Crippen molar-refractivity contribution in [2.75, 3.05) is 11.4 Å². The minimum atomic E-state index is -0.858. The summed E-state index contributed by atoms with van der Waals surface area (Å²) in [4.78, 5) is 12.4. The number of nitrogens with zero attached hydrogens (tertiary/aromatic N) is 2. The topological polar surface area (TPSA) is 64.3 Å². The summed E-state index contributed by atoms with van der Waals surface area (Å²) in [5, 5.41) is 17.7. The number of hydrogen-bond acceptors (Lipinski definition) is 3. The Balaban J connectivity index is 2.97. The fraction of sp³-hybridized carbons (Fsp3) is 0.429. The van der Waals surface area contributed by atoms with Crippen LogP contribution in [0.5, 0.6) is 0 Å². The Hall–Kier alpha value is -2.09. The van der Waals surface area contributed by atoms with Crippen LogP contribution in [0.2, 0.25) is 0 Å². The van der Waals surface area contributed by atoms with E-state index in [-0.39, 0.29) is 18.0 Å². The molecule has 1 N–H and O–H groups in total. The number of nitriles is 1. The molecule has 0 saturated carbocycles. The van der Waals surface area contributed by atoms with Gasteiger partial charge in [0, 0.05) is 19.0 Å². The molecule has 0 amide bonds. The minimum absolute atomic E-state index is 0.00604. The SMILES string of the molecule is CC(C)N(CCCC(=O)O)c1cccc(F)c1C#N. The average molecular weight is 264 g/mol. The van der Waals surface area contributed by atoms with Gasteiger partial charge < -0.3 is 10.0 Å². The lowest BCUT2D eigenvalue weighted by atomic mass is 10.1. The van der Waals surface area contributed by atoms with Crippen molar-refractivity contribution in [3.63, 3.8) is 0 Å². The van der Waals surface area contributed by atoms with Crippen LogP contribution in [0.1, 0.15) is 32.3 Å². The van der Waals surface area contributed by atoms with Gasteiger partial charge in [-0.2, -0.15) is 5.26 Å². The Morgan fingerprint density at radius 1 is 1.53 bits per heavy atom. The molecule has 102 valence electrons. The molecule has 0 spiro atoms. The number of halogens is 1. The first-order valence-corrected chi connectivity index (χ1v) is 6.14. The third-order valence-corrected chi connectivity index (χ3v) is 2.83. The monoisotopic (exact) mass is 264 g/mol. The molecule has 0 heterocycles. The van der Waals surface area contributed by atoms with Gasteiger partial charge in [-0.25, -0.2) is 4.39 Å². The minimum Gasteiger partial charge on any atom is -0.481 e. The molecule has 0 bridgehead atoms. The van der Waals surface area contributed by atoms with Crippen LogP contribution in [0.3, 0.4) is 0 Å². The molecule has 19 heavy (non-hydrogen) atoms. The number of anilines is 1. The molecular weight excluding hydrogens is 247 g/mol. The van der Waals surface area contributed by atoms with E-state index in [0.717, 1.165) is 0 Å². The smallest absolute Gasteiger partial charge is 0.303 e. The molecule has 0 radical (unpaired) electrons. The predicted molar refractivity (Wildman–Crippen MR) is 70.5 cm³/mol. The van der Waals surface area contributed by atoms with E-state index >= 15 is 0 Å². The molecule has 4 nitrogen and oxygen atoms in total. The number of hydrogen-bond donors (Lipinski definition) is 1. The Morgan fingerprint density at radius 3 is 2.74 bits per heavy atom. The summed E-state index contributed by atoms with van der Waals surface area (Å²) in [5.41, 5.74) is 0.523. The van der Waals surface area contributed by atoms with Crippen LogP contribution in [-0.4, -0.2) is 23.7 Å². The Kier molecular flexibility index (Phi) is 5.31. The molecule has 1 aromatic rings. The van der Waals surface area contributed by atoms with E-state index in [4.69, 9.17) is 10.4 Å². The maximum Gasteiger partial charge on any atom is 0.303 e. The molecule has 0 aliphatic heterocycles. The first kappa shape index (κ1) is 15.0. The maximum absolute atomic E-state index is 13.6. The predicted octanol–water partition coefficient (Wildman–Crippen LogP) is 2.78. The molecule has 0 unspecified atom stereocenters. The van der Waals surface area contributed by atoms with Gasteiger partial charge in [-0.1, -0.05) is 6.07 Å².